The average Bonchev–Trinajstić information content (AvgIpc) is 2.95. The molecule has 29 heavy (non-hydrogen) atoms. The van der Waals surface area contributed by atoms with Crippen molar-refractivity contribution in [3.05, 3.63) is 52.1 Å². The van der Waals surface area contributed by atoms with E-state index in [1.807, 2.05) is 24.3 Å². The van der Waals surface area contributed by atoms with Crippen molar-refractivity contribution >= 4 is 23.5 Å². The normalized spacial score (nSPS) is 42.8. The number of fused-ring (bicyclic) bond motifs is 5. The predicted molar refractivity (Wildman–Crippen MR) is 118 cm³/mol. The molecule has 3 fully saturated rings. The maximum absolute atomic E-state index is 13.5. The number of rotatable bonds is 1. The largest absolute Gasteiger partial charge is 0.393 e. The molecule has 154 valence electrons. The summed E-state index contributed by atoms with van der Waals surface area (Å²) in [5, 5.41) is 10.9. The molecule has 0 spiro atoms. The lowest BCUT2D eigenvalue weighted by Crippen LogP contribution is -2.50. The smallest absolute Gasteiger partial charge is 0.165 e. The summed E-state index contributed by atoms with van der Waals surface area (Å²) in [4.78, 5) is 13.5. The molecule has 0 saturated heterocycles. The van der Waals surface area contributed by atoms with Gasteiger partial charge in [0.2, 0.25) is 0 Å². The number of aliphatic hydroxyl groups excluding tert-OH is 1. The van der Waals surface area contributed by atoms with Gasteiger partial charge < -0.3 is 5.11 Å². The fraction of sp³-hybridized carbons (Fsp3) is 0.577. The monoisotopic (exact) mass is 410 g/mol. The van der Waals surface area contributed by atoms with Gasteiger partial charge in [-0.1, -0.05) is 49.2 Å². The van der Waals surface area contributed by atoms with Crippen molar-refractivity contribution in [2.24, 2.45) is 28.6 Å². The zero-order valence-electron chi connectivity index (χ0n) is 17.5. The Morgan fingerprint density at radius 2 is 1.76 bits per heavy atom. The first-order valence-electron chi connectivity index (χ1n) is 11.2. The minimum absolute atomic E-state index is 0.165. The van der Waals surface area contributed by atoms with Crippen LogP contribution in [0.1, 0.15) is 64.4 Å². The molecule has 4 aliphatic rings. The molecule has 1 aromatic rings. The van der Waals surface area contributed by atoms with Crippen LogP contribution in [0.2, 0.25) is 5.02 Å². The molecule has 1 N–H and O–H groups in total. The Kier molecular flexibility index (Phi) is 4.60. The number of hydrogen-bond donors (Lipinski definition) is 1. The van der Waals surface area contributed by atoms with Gasteiger partial charge in [-0.25, -0.2) is 0 Å². The summed E-state index contributed by atoms with van der Waals surface area (Å²) in [6, 6.07) is 7.79. The Morgan fingerprint density at radius 3 is 2.52 bits per heavy atom. The maximum atomic E-state index is 13.5. The highest BCUT2D eigenvalue weighted by Gasteiger charge is 2.59. The van der Waals surface area contributed by atoms with E-state index in [9.17, 15) is 9.90 Å². The molecule has 0 heterocycles. The third-order valence-corrected chi connectivity index (χ3v) is 9.18. The summed E-state index contributed by atoms with van der Waals surface area (Å²) in [6.45, 7) is 4.66. The number of halogens is 1. The van der Waals surface area contributed by atoms with Gasteiger partial charge in [-0.3, -0.25) is 4.79 Å². The standard InChI is InChI=1S/C26H31ClO2/c1-25-11-9-20(28)15-18(25)5-8-21-22(25)10-12-26(2)23(21)14-17(24(26)29)13-16-3-6-19(27)7-4-16/h3-7,13,20-23,28H,8-12,14-15H2,1-2H3/t20-,21+,22-,23+,25-,26-/m0/s1. The Bertz CT molecular complexity index is 898. The SMILES string of the molecule is C[C@]12CC[C@H](O)CC1=CC[C@H]1[C@H]3CC(=Cc4ccc(Cl)cc4)C(=O)[C@@]3(C)CC[C@@H]12. The summed E-state index contributed by atoms with van der Waals surface area (Å²) in [5.41, 5.74) is 3.56. The first-order valence-corrected chi connectivity index (χ1v) is 11.6. The average molecular weight is 411 g/mol. The number of carbonyl (C=O) groups excluding carboxylic acids is 1. The maximum Gasteiger partial charge on any atom is 0.165 e. The minimum atomic E-state index is -0.213. The molecule has 1 aromatic carbocycles. The second-order valence-corrected chi connectivity index (χ2v) is 10.8. The number of allylic oxidation sites excluding steroid dienone is 2. The topological polar surface area (TPSA) is 37.3 Å². The van der Waals surface area contributed by atoms with Crippen LogP contribution in [0.4, 0.5) is 0 Å². The highest BCUT2D eigenvalue weighted by Crippen LogP contribution is 2.64. The molecule has 4 aliphatic carbocycles. The van der Waals surface area contributed by atoms with Gasteiger partial charge in [0.25, 0.3) is 0 Å². The van der Waals surface area contributed by atoms with Crippen LogP contribution in [0.5, 0.6) is 0 Å². The van der Waals surface area contributed by atoms with Gasteiger partial charge in [-0.05, 0) is 97.5 Å². The first kappa shape index (κ1) is 19.6. The zero-order chi connectivity index (χ0) is 20.4. The fourth-order valence-electron chi connectivity index (χ4n) is 7.20. The lowest BCUT2D eigenvalue weighted by atomic mass is 9.48. The highest BCUT2D eigenvalue weighted by atomic mass is 35.5. The molecular formula is C26H31ClO2. The second-order valence-electron chi connectivity index (χ2n) is 10.4. The van der Waals surface area contributed by atoms with Gasteiger partial charge in [0.1, 0.15) is 0 Å². The Labute approximate surface area is 179 Å². The number of hydrogen-bond acceptors (Lipinski definition) is 2. The summed E-state index contributed by atoms with van der Waals surface area (Å²) in [7, 11) is 0. The molecule has 2 nitrogen and oxygen atoms in total. The number of Topliss-reactive ketones (excluding diaryl/α,β-unsaturated/α-hetero) is 1. The van der Waals surface area contributed by atoms with Crippen molar-refractivity contribution in [1.82, 2.24) is 0 Å². The summed E-state index contributed by atoms with van der Waals surface area (Å²) in [6.07, 6.45) is 11.3. The van der Waals surface area contributed by atoms with Gasteiger partial charge in [-0.2, -0.15) is 0 Å². The van der Waals surface area contributed by atoms with E-state index < -0.39 is 0 Å². The van der Waals surface area contributed by atoms with Crippen LogP contribution >= 0.6 is 11.6 Å². The van der Waals surface area contributed by atoms with Crippen LogP contribution in [0.25, 0.3) is 6.08 Å². The predicted octanol–water partition coefficient (Wildman–Crippen LogP) is 6.23. The fourth-order valence-corrected chi connectivity index (χ4v) is 7.33. The van der Waals surface area contributed by atoms with E-state index in [1.165, 1.54) is 5.57 Å². The van der Waals surface area contributed by atoms with E-state index in [0.29, 0.717) is 23.5 Å². The lowest BCUT2D eigenvalue weighted by molar-refractivity contribution is -0.130. The van der Waals surface area contributed by atoms with Crippen molar-refractivity contribution in [1.29, 1.82) is 0 Å². The molecule has 0 radical (unpaired) electrons. The zero-order valence-corrected chi connectivity index (χ0v) is 18.2. The highest BCUT2D eigenvalue weighted by molar-refractivity contribution is 6.30. The van der Waals surface area contributed by atoms with Crippen molar-refractivity contribution in [2.75, 3.05) is 0 Å². The molecule has 0 aliphatic heterocycles. The molecule has 3 heteroatoms. The van der Waals surface area contributed by atoms with Crippen LogP contribution in [0.15, 0.2) is 41.5 Å². The lowest BCUT2D eigenvalue weighted by Gasteiger charge is -2.56. The first-order chi connectivity index (χ1) is 13.8. The van der Waals surface area contributed by atoms with Gasteiger partial charge >= 0.3 is 0 Å². The van der Waals surface area contributed by atoms with E-state index in [-0.39, 0.29) is 16.9 Å². The van der Waals surface area contributed by atoms with Gasteiger partial charge in [0.05, 0.1) is 6.10 Å². The van der Waals surface area contributed by atoms with Gasteiger partial charge in [0, 0.05) is 10.4 Å². The van der Waals surface area contributed by atoms with Crippen molar-refractivity contribution in [2.45, 2.75) is 64.9 Å². The van der Waals surface area contributed by atoms with Crippen LogP contribution in [0.3, 0.4) is 0 Å². The number of carbonyl (C=O) groups is 1. The number of ketones is 1. The Morgan fingerprint density at radius 1 is 1.03 bits per heavy atom. The Balaban J connectivity index is 1.47. The van der Waals surface area contributed by atoms with Crippen LogP contribution in [0, 0.1) is 28.6 Å². The number of aliphatic hydroxyl groups is 1. The van der Waals surface area contributed by atoms with Crippen molar-refractivity contribution in [3.8, 4) is 0 Å². The summed E-state index contributed by atoms with van der Waals surface area (Å²) >= 11 is 6.02. The number of benzene rings is 1. The molecule has 0 unspecified atom stereocenters. The third kappa shape index (κ3) is 2.98. The molecular weight excluding hydrogens is 380 g/mol. The Hall–Kier alpha value is -1.38. The second kappa shape index (κ2) is 6.82. The third-order valence-electron chi connectivity index (χ3n) is 8.93. The van der Waals surface area contributed by atoms with Gasteiger partial charge in [-0.15, -0.1) is 0 Å². The summed E-state index contributed by atoms with van der Waals surface area (Å²) < 4.78 is 0. The molecule has 0 aromatic heterocycles. The van der Waals surface area contributed by atoms with Gasteiger partial charge in [0.15, 0.2) is 5.78 Å². The molecule has 0 amide bonds. The molecule has 5 rings (SSSR count). The molecule has 6 atom stereocenters. The van der Waals surface area contributed by atoms with E-state index in [0.717, 1.165) is 61.1 Å². The quantitative estimate of drug-likeness (QED) is 0.440. The molecule has 0 bridgehead atoms. The van der Waals surface area contributed by atoms with E-state index in [1.54, 1.807) is 0 Å². The summed E-state index contributed by atoms with van der Waals surface area (Å²) in [5.74, 6) is 2.04. The van der Waals surface area contributed by atoms with Crippen molar-refractivity contribution in [3.63, 3.8) is 0 Å². The van der Waals surface area contributed by atoms with E-state index in [2.05, 4.69) is 26.0 Å². The molecule has 3 saturated carbocycles. The van der Waals surface area contributed by atoms with E-state index >= 15 is 0 Å². The van der Waals surface area contributed by atoms with E-state index in [4.69, 9.17) is 11.6 Å². The minimum Gasteiger partial charge on any atom is -0.393 e. The van der Waals surface area contributed by atoms with Crippen LogP contribution in [-0.2, 0) is 4.79 Å². The van der Waals surface area contributed by atoms with Crippen LogP contribution < -0.4 is 0 Å². The van der Waals surface area contributed by atoms with Crippen LogP contribution in [-0.4, -0.2) is 17.0 Å². The van der Waals surface area contributed by atoms with Crippen molar-refractivity contribution < 1.29 is 9.90 Å².